The van der Waals surface area contributed by atoms with Gasteiger partial charge in [-0.3, -0.25) is 9.52 Å². The van der Waals surface area contributed by atoms with Gasteiger partial charge in [-0.15, -0.1) is 0 Å². The highest BCUT2D eigenvalue weighted by Crippen LogP contribution is 2.21. The average Bonchev–Trinajstić information content (AvgIpc) is 2.63. The molecule has 0 fully saturated rings. The smallest absolute Gasteiger partial charge is 0.338 e. The van der Waals surface area contributed by atoms with E-state index < -0.39 is 27.9 Å². The maximum Gasteiger partial charge on any atom is 0.338 e. The molecular formula is C19H21FN2O5S. The summed E-state index contributed by atoms with van der Waals surface area (Å²) in [7, 11) is -0.897. The van der Waals surface area contributed by atoms with Crippen LogP contribution in [0.4, 0.5) is 10.1 Å². The lowest BCUT2D eigenvalue weighted by Gasteiger charge is -2.17. The first-order valence-corrected chi connectivity index (χ1v) is 9.81. The van der Waals surface area contributed by atoms with Crippen LogP contribution >= 0.6 is 0 Å². The van der Waals surface area contributed by atoms with E-state index >= 15 is 0 Å². The molecule has 0 heterocycles. The molecule has 2 aromatic carbocycles. The van der Waals surface area contributed by atoms with Crippen molar-refractivity contribution in [1.82, 2.24) is 4.90 Å². The zero-order valence-corrected chi connectivity index (χ0v) is 16.7. The molecule has 0 aliphatic heterocycles. The molecule has 7 nitrogen and oxygen atoms in total. The van der Waals surface area contributed by atoms with Crippen molar-refractivity contribution in [2.45, 2.75) is 24.8 Å². The maximum atomic E-state index is 13.6. The van der Waals surface area contributed by atoms with Gasteiger partial charge in [-0.25, -0.2) is 17.6 Å². The van der Waals surface area contributed by atoms with Crippen LogP contribution in [0.15, 0.2) is 47.4 Å². The van der Waals surface area contributed by atoms with Gasteiger partial charge in [0.25, 0.3) is 15.9 Å². The second-order valence-corrected chi connectivity index (χ2v) is 7.98. The zero-order chi connectivity index (χ0) is 21.1. The lowest BCUT2D eigenvalue weighted by Crippen LogP contribution is -2.34. The summed E-state index contributed by atoms with van der Waals surface area (Å²) < 4.78 is 46.0. The Morgan fingerprint density at radius 2 is 1.71 bits per heavy atom. The van der Waals surface area contributed by atoms with Crippen molar-refractivity contribution in [1.29, 1.82) is 0 Å². The third kappa shape index (κ3) is 4.86. The molecule has 1 atom stereocenters. The SMILES string of the molecule is Cc1c(F)cccc1S(=O)(=O)Nc1ccc(C(=O)O[C@H](C)C(=O)N(C)C)cc1. The van der Waals surface area contributed by atoms with Crippen molar-refractivity contribution in [2.75, 3.05) is 18.8 Å². The van der Waals surface area contributed by atoms with Crippen LogP contribution in [0.3, 0.4) is 0 Å². The number of esters is 1. The van der Waals surface area contributed by atoms with E-state index in [0.29, 0.717) is 0 Å². The summed E-state index contributed by atoms with van der Waals surface area (Å²) in [6.07, 6.45) is -0.948. The van der Waals surface area contributed by atoms with E-state index in [1.54, 1.807) is 14.1 Å². The van der Waals surface area contributed by atoms with E-state index in [4.69, 9.17) is 4.74 Å². The second-order valence-electron chi connectivity index (χ2n) is 6.33. The summed E-state index contributed by atoms with van der Waals surface area (Å²) in [6, 6.07) is 9.28. The molecule has 1 amide bonds. The van der Waals surface area contributed by atoms with Crippen LogP contribution in [0, 0.1) is 12.7 Å². The summed E-state index contributed by atoms with van der Waals surface area (Å²) in [5.41, 5.74) is 0.357. The molecule has 0 spiro atoms. The van der Waals surface area contributed by atoms with Crippen LogP contribution in [0.5, 0.6) is 0 Å². The normalized spacial score (nSPS) is 12.2. The third-order valence-electron chi connectivity index (χ3n) is 3.95. The summed E-state index contributed by atoms with van der Waals surface area (Å²) in [5, 5.41) is 0. The van der Waals surface area contributed by atoms with Crippen LogP contribution in [-0.2, 0) is 19.6 Å². The lowest BCUT2D eigenvalue weighted by molar-refractivity contribution is -0.137. The molecule has 0 radical (unpaired) electrons. The number of benzene rings is 2. The van der Waals surface area contributed by atoms with E-state index in [-0.39, 0.29) is 27.6 Å². The molecular weight excluding hydrogens is 387 g/mol. The number of likely N-dealkylation sites (N-methyl/N-ethyl adjacent to an activating group) is 1. The monoisotopic (exact) mass is 408 g/mol. The fourth-order valence-corrected chi connectivity index (χ4v) is 3.72. The van der Waals surface area contributed by atoms with Gasteiger partial charge in [-0.05, 0) is 50.2 Å². The van der Waals surface area contributed by atoms with Crippen molar-refractivity contribution in [2.24, 2.45) is 0 Å². The molecule has 2 aromatic rings. The molecule has 28 heavy (non-hydrogen) atoms. The fourth-order valence-electron chi connectivity index (χ4n) is 2.41. The first-order chi connectivity index (χ1) is 13.0. The Hall–Kier alpha value is -2.94. The fraction of sp³-hybridized carbons (Fsp3) is 0.263. The highest BCUT2D eigenvalue weighted by molar-refractivity contribution is 7.92. The first-order valence-electron chi connectivity index (χ1n) is 8.33. The van der Waals surface area contributed by atoms with Crippen LogP contribution < -0.4 is 4.72 Å². The van der Waals surface area contributed by atoms with Gasteiger partial charge >= 0.3 is 5.97 Å². The predicted octanol–water partition coefficient (Wildman–Crippen LogP) is 2.57. The van der Waals surface area contributed by atoms with Crippen LogP contribution in [0.1, 0.15) is 22.8 Å². The predicted molar refractivity (Wildman–Crippen MR) is 102 cm³/mol. The van der Waals surface area contributed by atoms with Gasteiger partial charge in [-0.1, -0.05) is 6.07 Å². The highest BCUT2D eigenvalue weighted by Gasteiger charge is 2.21. The molecule has 1 N–H and O–H groups in total. The topological polar surface area (TPSA) is 92.8 Å². The third-order valence-corrected chi connectivity index (χ3v) is 5.48. The van der Waals surface area contributed by atoms with Gasteiger partial charge in [-0.2, -0.15) is 0 Å². The minimum atomic E-state index is -4.00. The maximum absolute atomic E-state index is 13.6. The summed E-state index contributed by atoms with van der Waals surface area (Å²) in [4.78, 5) is 25.0. The minimum absolute atomic E-state index is 0.00902. The molecule has 0 aliphatic rings. The number of ether oxygens (including phenoxy) is 1. The van der Waals surface area contributed by atoms with Gasteiger partial charge in [0, 0.05) is 25.3 Å². The van der Waals surface area contributed by atoms with Crippen LogP contribution in [-0.4, -0.2) is 45.4 Å². The largest absolute Gasteiger partial charge is 0.449 e. The molecule has 0 saturated heterocycles. The van der Waals surface area contributed by atoms with Crippen LogP contribution in [0.2, 0.25) is 0 Å². The quantitative estimate of drug-likeness (QED) is 0.742. The number of halogens is 1. The highest BCUT2D eigenvalue weighted by atomic mass is 32.2. The number of carbonyl (C=O) groups is 2. The first kappa shape index (κ1) is 21.4. The molecule has 0 unspecified atom stereocenters. The summed E-state index contributed by atoms with van der Waals surface area (Å²) >= 11 is 0. The Labute approximate surface area is 163 Å². The number of amides is 1. The molecule has 2 rings (SSSR count). The number of sulfonamides is 1. The number of nitrogens with one attached hydrogen (secondary N) is 1. The number of anilines is 1. The average molecular weight is 408 g/mol. The lowest BCUT2D eigenvalue weighted by atomic mass is 10.2. The van der Waals surface area contributed by atoms with Crippen molar-refractivity contribution >= 4 is 27.6 Å². The van der Waals surface area contributed by atoms with Crippen molar-refractivity contribution in [3.8, 4) is 0 Å². The number of nitrogens with zero attached hydrogens (tertiary/aromatic N) is 1. The summed E-state index contributed by atoms with van der Waals surface area (Å²) in [6.45, 7) is 2.84. The Bertz CT molecular complexity index is 988. The molecule has 0 bridgehead atoms. The van der Waals surface area contributed by atoms with Crippen molar-refractivity contribution in [3.05, 3.63) is 59.4 Å². The Kier molecular flexibility index (Phi) is 6.40. The number of carbonyl (C=O) groups excluding carboxylic acids is 2. The van der Waals surface area contributed by atoms with Gasteiger partial charge in [0.05, 0.1) is 10.5 Å². The molecule has 9 heteroatoms. The Balaban J connectivity index is 2.13. The molecule has 0 saturated carbocycles. The van der Waals surface area contributed by atoms with E-state index in [1.807, 2.05) is 0 Å². The van der Waals surface area contributed by atoms with Crippen molar-refractivity contribution in [3.63, 3.8) is 0 Å². The van der Waals surface area contributed by atoms with E-state index in [0.717, 1.165) is 0 Å². The van der Waals surface area contributed by atoms with Gasteiger partial charge < -0.3 is 9.64 Å². The Morgan fingerprint density at radius 3 is 2.29 bits per heavy atom. The van der Waals surface area contributed by atoms with E-state index in [9.17, 15) is 22.4 Å². The number of rotatable bonds is 6. The van der Waals surface area contributed by atoms with Gasteiger partial charge in [0.2, 0.25) is 0 Å². The van der Waals surface area contributed by atoms with E-state index in [2.05, 4.69) is 4.72 Å². The van der Waals surface area contributed by atoms with Gasteiger partial charge in [0.1, 0.15) is 5.82 Å². The zero-order valence-electron chi connectivity index (χ0n) is 15.9. The van der Waals surface area contributed by atoms with Gasteiger partial charge in [0.15, 0.2) is 6.10 Å². The minimum Gasteiger partial charge on any atom is -0.449 e. The summed E-state index contributed by atoms with van der Waals surface area (Å²) in [5.74, 6) is -1.69. The number of hydrogen-bond donors (Lipinski definition) is 1. The van der Waals surface area contributed by atoms with Crippen molar-refractivity contribution < 1.29 is 27.1 Å². The second kappa shape index (κ2) is 8.39. The Morgan fingerprint density at radius 1 is 1.11 bits per heavy atom. The number of hydrogen-bond acceptors (Lipinski definition) is 5. The molecule has 0 aromatic heterocycles. The molecule has 150 valence electrons. The standard InChI is InChI=1S/C19H21FN2O5S/c1-12-16(20)6-5-7-17(12)28(25,26)21-15-10-8-14(9-11-15)19(24)27-13(2)18(23)22(3)4/h5-11,13,21H,1-4H3/t13-/m1/s1. The molecule has 0 aliphatic carbocycles. The van der Waals surface area contributed by atoms with Crippen LogP contribution in [0.25, 0.3) is 0 Å². The van der Waals surface area contributed by atoms with E-state index in [1.165, 1.54) is 61.2 Å².